The summed E-state index contributed by atoms with van der Waals surface area (Å²) in [5, 5.41) is 0. The quantitative estimate of drug-likeness (QED) is 0.563. The number of hydrogen-bond acceptors (Lipinski definition) is 2. The van der Waals surface area contributed by atoms with Crippen molar-refractivity contribution in [2.24, 2.45) is 0 Å². The fraction of sp³-hybridized carbons (Fsp3) is 0.900. The van der Waals surface area contributed by atoms with Gasteiger partial charge in [-0.05, 0) is 20.3 Å². The molecule has 3 aliphatic heterocycles. The van der Waals surface area contributed by atoms with Crippen LogP contribution in [-0.4, -0.2) is 42.3 Å². The first kappa shape index (κ1) is 8.98. The summed E-state index contributed by atoms with van der Waals surface area (Å²) in [5.74, 6) is 0. The van der Waals surface area contributed by atoms with Crippen molar-refractivity contribution < 1.29 is 4.74 Å². The average molecular weight is 180 g/mol. The van der Waals surface area contributed by atoms with Crippen molar-refractivity contribution in [1.29, 1.82) is 0 Å². The molecule has 0 N–H and O–H groups in total. The predicted molar refractivity (Wildman–Crippen MR) is 50.4 cm³/mol. The molecule has 0 amide bonds. The summed E-state index contributed by atoms with van der Waals surface area (Å²) in [4.78, 5) is 6.08. The van der Waals surface area contributed by atoms with Gasteiger partial charge < -0.3 is 9.58 Å². The number of hydrogen-bond donors (Lipinski definition) is 0. The number of fused-ring (bicyclic) bond motifs is 3. The summed E-state index contributed by atoms with van der Waals surface area (Å²) in [5.41, 5.74) is 0. The van der Waals surface area contributed by atoms with E-state index in [0.717, 1.165) is 13.0 Å². The van der Waals surface area contributed by atoms with Crippen LogP contribution in [0.15, 0.2) is 0 Å². The van der Waals surface area contributed by atoms with E-state index in [1.165, 1.54) is 0 Å². The molecular weight excluding hydrogens is 164 g/mol. The molecule has 3 saturated heterocycles. The third-order valence-electron chi connectivity index (χ3n) is 3.12. The SMILES string of the molecule is [C-]#[N+][C@@H]1COC[C@@H]2C[C@H]1N2C(C)C. The highest BCUT2D eigenvalue weighted by Gasteiger charge is 2.49. The molecule has 3 heterocycles. The zero-order valence-corrected chi connectivity index (χ0v) is 8.23. The standard InChI is InChI=1S/C10H16N2O/c1-7(2)12-8-4-10(12)9(11-3)6-13-5-8/h7-10H,4-6H2,1-2H3/t8-,9+,10+/m0/s1. The van der Waals surface area contributed by atoms with Gasteiger partial charge in [0, 0.05) is 12.1 Å². The fourth-order valence-electron chi connectivity index (χ4n) is 2.53. The van der Waals surface area contributed by atoms with Crippen LogP contribution in [0.3, 0.4) is 0 Å². The molecule has 0 aromatic heterocycles. The van der Waals surface area contributed by atoms with Crippen LogP contribution in [0, 0.1) is 6.57 Å². The molecular formula is C10H16N2O. The van der Waals surface area contributed by atoms with Gasteiger partial charge in [0.2, 0.25) is 0 Å². The average Bonchev–Trinajstić information content (AvgIpc) is 2.31. The van der Waals surface area contributed by atoms with Gasteiger partial charge in [0.05, 0.1) is 12.6 Å². The van der Waals surface area contributed by atoms with Crippen LogP contribution in [0.25, 0.3) is 4.85 Å². The lowest BCUT2D eigenvalue weighted by atomic mass is 9.87. The van der Waals surface area contributed by atoms with Crippen LogP contribution in [-0.2, 0) is 4.74 Å². The molecule has 3 fully saturated rings. The smallest absolute Gasteiger partial charge is 0.261 e. The van der Waals surface area contributed by atoms with E-state index in [9.17, 15) is 0 Å². The van der Waals surface area contributed by atoms with Gasteiger partial charge in [0.1, 0.15) is 6.61 Å². The molecule has 0 saturated carbocycles. The van der Waals surface area contributed by atoms with Gasteiger partial charge in [0.25, 0.3) is 6.04 Å². The second-order valence-corrected chi connectivity index (χ2v) is 4.23. The Kier molecular flexibility index (Phi) is 2.27. The van der Waals surface area contributed by atoms with Crippen molar-refractivity contribution >= 4 is 0 Å². The van der Waals surface area contributed by atoms with E-state index in [-0.39, 0.29) is 6.04 Å². The van der Waals surface area contributed by atoms with Gasteiger partial charge in [0.15, 0.2) is 0 Å². The molecule has 0 spiro atoms. The van der Waals surface area contributed by atoms with Crippen LogP contribution in [0.4, 0.5) is 0 Å². The largest absolute Gasteiger partial charge is 0.372 e. The molecule has 0 aromatic carbocycles. The second-order valence-electron chi connectivity index (χ2n) is 4.23. The maximum atomic E-state index is 7.10. The zero-order valence-electron chi connectivity index (χ0n) is 8.23. The maximum Gasteiger partial charge on any atom is 0.261 e. The van der Waals surface area contributed by atoms with Gasteiger partial charge in [-0.3, -0.25) is 4.90 Å². The first-order valence-corrected chi connectivity index (χ1v) is 4.95. The minimum absolute atomic E-state index is 0.0705. The van der Waals surface area contributed by atoms with Crippen molar-refractivity contribution in [3.63, 3.8) is 0 Å². The Morgan fingerprint density at radius 3 is 2.85 bits per heavy atom. The van der Waals surface area contributed by atoms with E-state index >= 15 is 0 Å². The van der Waals surface area contributed by atoms with E-state index in [0.29, 0.717) is 24.7 Å². The van der Waals surface area contributed by atoms with E-state index in [1.54, 1.807) is 0 Å². The molecule has 3 atom stereocenters. The van der Waals surface area contributed by atoms with Gasteiger partial charge in [-0.1, -0.05) is 0 Å². The third kappa shape index (κ3) is 1.34. The Labute approximate surface area is 79.5 Å². The maximum absolute atomic E-state index is 7.10. The highest BCUT2D eigenvalue weighted by molar-refractivity contribution is 5.06. The molecule has 0 aliphatic carbocycles. The van der Waals surface area contributed by atoms with Gasteiger partial charge in [-0.15, -0.1) is 0 Å². The summed E-state index contributed by atoms with van der Waals surface area (Å²) < 4.78 is 5.48. The van der Waals surface area contributed by atoms with Gasteiger partial charge in [-0.2, -0.15) is 0 Å². The van der Waals surface area contributed by atoms with Crippen LogP contribution in [0.1, 0.15) is 20.3 Å². The first-order chi connectivity index (χ1) is 6.24. The summed E-state index contributed by atoms with van der Waals surface area (Å²) in [6.45, 7) is 13.0. The molecule has 0 radical (unpaired) electrons. The fourth-order valence-corrected chi connectivity index (χ4v) is 2.53. The molecule has 0 aromatic rings. The normalized spacial score (nSPS) is 39.4. The van der Waals surface area contributed by atoms with Crippen molar-refractivity contribution in [3.05, 3.63) is 11.4 Å². The van der Waals surface area contributed by atoms with Gasteiger partial charge >= 0.3 is 0 Å². The highest BCUT2D eigenvalue weighted by Crippen LogP contribution is 2.34. The Morgan fingerprint density at radius 1 is 1.46 bits per heavy atom. The topological polar surface area (TPSA) is 16.8 Å². The van der Waals surface area contributed by atoms with E-state index in [4.69, 9.17) is 11.3 Å². The molecule has 3 aliphatic rings. The molecule has 3 heteroatoms. The van der Waals surface area contributed by atoms with E-state index in [1.807, 2.05) is 0 Å². The monoisotopic (exact) mass is 180 g/mol. The van der Waals surface area contributed by atoms with Crippen molar-refractivity contribution in [1.82, 2.24) is 4.90 Å². The summed E-state index contributed by atoms with van der Waals surface area (Å²) in [6, 6.07) is 1.66. The van der Waals surface area contributed by atoms with Gasteiger partial charge in [-0.25, -0.2) is 6.57 Å². The number of rotatable bonds is 1. The zero-order chi connectivity index (χ0) is 9.42. The molecule has 2 bridgehead atoms. The van der Waals surface area contributed by atoms with Crippen molar-refractivity contribution in [3.8, 4) is 0 Å². The van der Waals surface area contributed by atoms with E-state index in [2.05, 4.69) is 23.6 Å². The lowest BCUT2D eigenvalue weighted by molar-refractivity contribution is -0.0201. The Morgan fingerprint density at radius 2 is 2.23 bits per heavy atom. The first-order valence-electron chi connectivity index (χ1n) is 4.95. The lowest BCUT2D eigenvalue weighted by Crippen LogP contribution is -2.62. The predicted octanol–water partition coefficient (Wildman–Crippen LogP) is 1.16. The summed E-state index contributed by atoms with van der Waals surface area (Å²) in [6.07, 6.45) is 1.16. The Hall–Kier alpha value is -0.590. The second kappa shape index (κ2) is 3.28. The van der Waals surface area contributed by atoms with Crippen LogP contribution >= 0.6 is 0 Å². The van der Waals surface area contributed by atoms with Crippen molar-refractivity contribution in [2.45, 2.75) is 44.4 Å². The Bertz CT molecular complexity index is 234. The molecule has 3 rings (SSSR count). The highest BCUT2D eigenvalue weighted by atomic mass is 16.5. The van der Waals surface area contributed by atoms with Crippen LogP contribution in [0.2, 0.25) is 0 Å². The number of nitrogens with zero attached hydrogens (tertiary/aromatic N) is 2. The minimum atomic E-state index is 0.0705. The third-order valence-corrected chi connectivity index (χ3v) is 3.12. The lowest BCUT2D eigenvalue weighted by Gasteiger charge is -2.48. The summed E-state index contributed by atoms with van der Waals surface area (Å²) >= 11 is 0. The van der Waals surface area contributed by atoms with Crippen molar-refractivity contribution in [2.75, 3.05) is 13.2 Å². The Balaban J connectivity index is 2.11. The number of ether oxygens (including phenoxy) is 1. The minimum Gasteiger partial charge on any atom is -0.372 e. The van der Waals surface area contributed by atoms with Crippen LogP contribution < -0.4 is 0 Å². The molecule has 72 valence electrons. The van der Waals surface area contributed by atoms with E-state index < -0.39 is 0 Å². The molecule has 3 nitrogen and oxygen atoms in total. The summed E-state index contributed by atoms with van der Waals surface area (Å²) in [7, 11) is 0. The van der Waals surface area contributed by atoms with Crippen LogP contribution in [0.5, 0.6) is 0 Å². The molecule has 0 unspecified atom stereocenters. The molecule has 13 heavy (non-hydrogen) atoms.